The van der Waals surface area contributed by atoms with Crippen molar-refractivity contribution in [1.29, 1.82) is 0 Å². The molecule has 134 valence electrons. The van der Waals surface area contributed by atoms with Crippen LogP contribution in [-0.2, 0) is 6.54 Å². The Labute approximate surface area is 153 Å². The smallest absolute Gasteiger partial charge is 0.251 e. The van der Waals surface area contributed by atoms with Gasteiger partial charge in [0.2, 0.25) is 0 Å². The van der Waals surface area contributed by atoms with Crippen molar-refractivity contribution in [2.75, 3.05) is 0 Å². The Kier molecular flexibility index (Phi) is 4.33. The number of nitrogens with zero attached hydrogens (tertiary/aromatic N) is 3. The van der Waals surface area contributed by atoms with Crippen LogP contribution >= 0.6 is 0 Å². The van der Waals surface area contributed by atoms with Crippen LogP contribution in [0.5, 0.6) is 0 Å². The topological polar surface area (TPSA) is 59.3 Å². The summed E-state index contributed by atoms with van der Waals surface area (Å²) in [7, 11) is 0. The molecule has 0 atom stereocenters. The summed E-state index contributed by atoms with van der Waals surface area (Å²) in [6.07, 6.45) is 1.60. The fourth-order valence-electron chi connectivity index (χ4n) is 2.79. The van der Waals surface area contributed by atoms with Gasteiger partial charge in [-0.05, 0) is 29.8 Å². The number of pyridine rings is 1. The summed E-state index contributed by atoms with van der Waals surface area (Å²) < 4.78 is 28.5. The minimum absolute atomic E-state index is 0.247. The molecule has 4 aromatic rings. The second-order valence-corrected chi connectivity index (χ2v) is 5.99. The number of aromatic nitrogens is 3. The van der Waals surface area contributed by atoms with E-state index < -0.39 is 11.6 Å². The van der Waals surface area contributed by atoms with E-state index in [2.05, 4.69) is 15.5 Å². The number of carbonyl (C=O) groups is 1. The molecule has 0 saturated carbocycles. The minimum atomic E-state index is -0.696. The molecular weight excluding hydrogens is 350 g/mol. The highest BCUT2D eigenvalue weighted by Gasteiger charge is 2.13. The van der Waals surface area contributed by atoms with Crippen LogP contribution < -0.4 is 5.32 Å². The predicted molar refractivity (Wildman–Crippen MR) is 96.0 cm³/mol. The van der Waals surface area contributed by atoms with E-state index in [1.54, 1.807) is 22.7 Å². The Morgan fingerprint density at radius 2 is 1.70 bits per heavy atom. The predicted octanol–water partition coefficient (Wildman–Crippen LogP) is 3.60. The van der Waals surface area contributed by atoms with Gasteiger partial charge in [0, 0.05) is 29.9 Å². The molecule has 0 fully saturated rings. The van der Waals surface area contributed by atoms with E-state index in [4.69, 9.17) is 0 Å². The summed E-state index contributed by atoms with van der Waals surface area (Å²) in [5.41, 5.74) is 2.08. The molecule has 2 heterocycles. The third-order valence-electron chi connectivity index (χ3n) is 4.09. The van der Waals surface area contributed by atoms with Gasteiger partial charge in [0.15, 0.2) is 11.5 Å². The lowest BCUT2D eigenvalue weighted by Gasteiger charge is -2.06. The zero-order chi connectivity index (χ0) is 18.8. The van der Waals surface area contributed by atoms with Crippen LogP contribution in [0.2, 0.25) is 0 Å². The molecule has 0 saturated heterocycles. The van der Waals surface area contributed by atoms with Gasteiger partial charge in [0.25, 0.3) is 5.91 Å². The van der Waals surface area contributed by atoms with Crippen LogP contribution in [0.1, 0.15) is 15.9 Å². The number of carbonyl (C=O) groups excluding carboxylic acids is 1. The molecule has 0 aliphatic rings. The molecule has 2 aromatic carbocycles. The Bertz CT molecular complexity index is 1110. The first-order chi connectivity index (χ1) is 13.1. The molecule has 0 unspecified atom stereocenters. The number of nitrogens with one attached hydrogen (secondary N) is 1. The van der Waals surface area contributed by atoms with Gasteiger partial charge in [-0.2, -0.15) is 0 Å². The summed E-state index contributed by atoms with van der Waals surface area (Å²) in [6.45, 7) is 0.408. The van der Waals surface area contributed by atoms with Crippen molar-refractivity contribution in [3.8, 4) is 11.4 Å². The minimum Gasteiger partial charge on any atom is -0.348 e. The molecule has 1 N–H and O–H groups in total. The summed E-state index contributed by atoms with van der Waals surface area (Å²) in [5.74, 6) is -1.35. The molecule has 5 nitrogen and oxygen atoms in total. The number of amides is 1. The quantitative estimate of drug-likeness (QED) is 0.602. The maximum atomic E-state index is 13.5. The average Bonchev–Trinajstić information content (AvgIpc) is 3.09. The highest BCUT2D eigenvalue weighted by atomic mass is 19.1. The van der Waals surface area contributed by atoms with Gasteiger partial charge in [0.1, 0.15) is 11.6 Å². The molecule has 0 aliphatic heterocycles. The first-order valence-electron chi connectivity index (χ1n) is 8.23. The Morgan fingerprint density at radius 3 is 2.44 bits per heavy atom. The first-order valence-corrected chi connectivity index (χ1v) is 8.23. The van der Waals surface area contributed by atoms with Gasteiger partial charge in [-0.15, -0.1) is 10.2 Å². The lowest BCUT2D eigenvalue weighted by molar-refractivity contribution is 0.0951. The van der Waals surface area contributed by atoms with E-state index in [0.717, 1.165) is 11.6 Å². The van der Waals surface area contributed by atoms with Crippen molar-refractivity contribution in [3.63, 3.8) is 0 Å². The molecule has 4 rings (SSSR count). The van der Waals surface area contributed by atoms with Gasteiger partial charge in [0.05, 0.1) is 0 Å². The van der Waals surface area contributed by atoms with Crippen molar-refractivity contribution < 1.29 is 13.6 Å². The maximum absolute atomic E-state index is 13.5. The number of halogens is 2. The molecule has 0 radical (unpaired) electrons. The van der Waals surface area contributed by atoms with Crippen LogP contribution in [-0.4, -0.2) is 20.5 Å². The first kappa shape index (κ1) is 16.8. The second-order valence-electron chi connectivity index (χ2n) is 5.99. The lowest BCUT2D eigenvalue weighted by Crippen LogP contribution is -2.22. The zero-order valence-electron chi connectivity index (χ0n) is 14.1. The summed E-state index contributed by atoms with van der Waals surface area (Å²) in [4.78, 5) is 12.4. The zero-order valence-corrected chi connectivity index (χ0v) is 14.1. The fraction of sp³-hybridized carbons (Fsp3) is 0.0500. The maximum Gasteiger partial charge on any atom is 0.251 e. The van der Waals surface area contributed by atoms with Crippen molar-refractivity contribution >= 4 is 11.6 Å². The summed E-state index contributed by atoms with van der Waals surface area (Å²) >= 11 is 0. The van der Waals surface area contributed by atoms with E-state index in [1.807, 2.05) is 30.3 Å². The van der Waals surface area contributed by atoms with E-state index >= 15 is 0 Å². The van der Waals surface area contributed by atoms with E-state index in [-0.39, 0.29) is 11.5 Å². The average molecular weight is 364 g/mol. The number of rotatable bonds is 4. The Hall–Kier alpha value is -3.61. The monoisotopic (exact) mass is 364 g/mol. The standard InChI is InChI=1S/C20H14F2N4O/c21-16-8-15(9-17(22)11-16)19-25-24-18-10-14(6-7-26(18)19)20(27)23-12-13-4-2-1-3-5-13/h1-11H,12H2,(H,23,27). The van der Waals surface area contributed by atoms with Crippen LogP contribution in [0, 0.1) is 11.6 Å². The third kappa shape index (κ3) is 3.52. The normalized spacial score (nSPS) is 10.9. The molecule has 0 spiro atoms. The Morgan fingerprint density at radius 1 is 0.963 bits per heavy atom. The molecule has 2 aromatic heterocycles. The van der Waals surface area contributed by atoms with Crippen molar-refractivity contribution in [2.24, 2.45) is 0 Å². The van der Waals surface area contributed by atoms with Crippen LogP contribution in [0.15, 0.2) is 66.9 Å². The fourth-order valence-corrected chi connectivity index (χ4v) is 2.79. The third-order valence-corrected chi connectivity index (χ3v) is 4.09. The molecule has 27 heavy (non-hydrogen) atoms. The van der Waals surface area contributed by atoms with Gasteiger partial charge < -0.3 is 5.32 Å². The number of hydrogen-bond donors (Lipinski definition) is 1. The molecular formula is C20H14F2N4O. The van der Waals surface area contributed by atoms with Crippen molar-refractivity contribution in [3.05, 3.63) is 89.6 Å². The SMILES string of the molecule is O=C(NCc1ccccc1)c1ccn2c(-c3cc(F)cc(F)c3)nnc2c1. The van der Waals surface area contributed by atoms with Crippen LogP contribution in [0.3, 0.4) is 0 Å². The van der Waals surface area contributed by atoms with Gasteiger partial charge in [-0.25, -0.2) is 8.78 Å². The molecule has 0 aliphatic carbocycles. The van der Waals surface area contributed by atoms with Crippen molar-refractivity contribution in [1.82, 2.24) is 19.9 Å². The summed E-state index contributed by atoms with van der Waals surface area (Å²) in [5, 5.41) is 10.8. The highest BCUT2D eigenvalue weighted by molar-refractivity contribution is 5.95. The lowest BCUT2D eigenvalue weighted by atomic mass is 10.2. The van der Waals surface area contributed by atoms with Gasteiger partial charge in [-0.1, -0.05) is 30.3 Å². The van der Waals surface area contributed by atoms with E-state index in [1.165, 1.54) is 12.1 Å². The highest BCUT2D eigenvalue weighted by Crippen LogP contribution is 2.21. The molecule has 7 heteroatoms. The Balaban J connectivity index is 1.59. The number of fused-ring (bicyclic) bond motifs is 1. The van der Waals surface area contributed by atoms with Crippen LogP contribution in [0.25, 0.3) is 17.0 Å². The number of hydrogen-bond acceptors (Lipinski definition) is 3. The van der Waals surface area contributed by atoms with Crippen LogP contribution in [0.4, 0.5) is 8.78 Å². The van der Waals surface area contributed by atoms with E-state index in [0.29, 0.717) is 23.6 Å². The van der Waals surface area contributed by atoms with E-state index in [9.17, 15) is 13.6 Å². The van der Waals surface area contributed by atoms with Gasteiger partial charge >= 0.3 is 0 Å². The van der Waals surface area contributed by atoms with Crippen molar-refractivity contribution in [2.45, 2.75) is 6.54 Å². The van der Waals surface area contributed by atoms with Gasteiger partial charge in [-0.3, -0.25) is 9.20 Å². The second kappa shape index (κ2) is 6.95. The summed E-state index contributed by atoms with van der Waals surface area (Å²) in [6, 6.07) is 15.9. The molecule has 0 bridgehead atoms. The molecule has 1 amide bonds. The largest absolute Gasteiger partial charge is 0.348 e. The number of benzene rings is 2.